The van der Waals surface area contributed by atoms with Gasteiger partial charge in [0, 0.05) is 25.9 Å². The van der Waals surface area contributed by atoms with Crippen LogP contribution >= 0.6 is 11.6 Å². The fourth-order valence-corrected chi connectivity index (χ4v) is 4.23. The van der Waals surface area contributed by atoms with Gasteiger partial charge in [-0.05, 0) is 60.7 Å². The van der Waals surface area contributed by atoms with E-state index < -0.39 is 35.1 Å². The molecule has 0 atom stereocenters. The van der Waals surface area contributed by atoms with E-state index in [-0.39, 0.29) is 16.6 Å². The Kier molecular flexibility index (Phi) is 9.04. The van der Waals surface area contributed by atoms with Crippen molar-refractivity contribution in [3.8, 4) is 5.75 Å². The molecule has 0 aliphatic rings. The number of esters is 1. The second-order valence-electron chi connectivity index (χ2n) is 7.53. The third kappa shape index (κ3) is 7.92. The zero-order valence-corrected chi connectivity index (χ0v) is 21.4. The molecule has 0 aliphatic carbocycles. The Balaban J connectivity index is 1.49. The standard InChI is InChI=1S/C24H23ClN4O7S/c1-16(30)27-18-4-10-21(11-5-18)37(33,34)29(2)19-6-8-20(9-7-19)35-15-24(32)36-14-23(31)28-22-12-3-17(25)13-26-22/h3-13H,14-15H2,1-2H3,(H,27,30)(H,26,28,31). The minimum atomic E-state index is -3.86. The lowest BCUT2D eigenvalue weighted by molar-refractivity contribution is -0.149. The summed E-state index contributed by atoms with van der Waals surface area (Å²) < 4.78 is 37.2. The highest BCUT2D eigenvalue weighted by Crippen LogP contribution is 2.25. The minimum absolute atomic E-state index is 0.0445. The Morgan fingerprint density at radius 2 is 1.62 bits per heavy atom. The molecule has 11 nitrogen and oxygen atoms in total. The van der Waals surface area contributed by atoms with Crippen molar-refractivity contribution in [1.82, 2.24) is 4.98 Å². The van der Waals surface area contributed by atoms with Crippen LogP contribution in [0.1, 0.15) is 6.92 Å². The Bertz CT molecular complexity index is 1360. The summed E-state index contributed by atoms with van der Waals surface area (Å²) in [5.41, 5.74) is 0.835. The van der Waals surface area contributed by atoms with Crippen molar-refractivity contribution in [1.29, 1.82) is 0 Å². The number of aromatic nitrogens is 1. The van der Waals surface area contributed by atoms with E-state index in [1.54, 1.807) is 6.07 Å². The maximum atomic E-state index is 12.9. The number of amides is 2. The minimum Gasteiger partial charge on any atom is -0.482 e. The van der Waals surface area contributed by atoms with Crippen LogP contribution in [0.5, 0.6) is 5.75 Å². The molecule has 0 fully saturated rings. The number of carbonyl (C=O) groups is 3. The second-order valence-corrected chi connectivity index (χ2v) is 9.94. The van der Waals surface area contributed by atoms with Crippen LogP contribution in [-0.2, 0) is 29.1 Å². The summed E-state index contributed by atoms with van der Waals surface area (Å²) in [6.07, 6.45) is 1.36. The maximum Gasteiger partial charge on any atom is 0.344 e. The van der Waals surface area contributed by atoms with E-state index in [0.29, 0.717) is 22.1 Å². The highest BCUT2D eigenvalue weighted by molar-refractivity contribution is 7.92. The average molecular weight is 547 g/mol. The monoisotopic (exact) mass is 546 g/mol. The average Bonchev–Trinajstić information content (AvgIpc) is 2.87. The van der Waals surface area contributed by atoms with Crippen LogP contribution in [0.25, 0.3) is 0 Å². The van der Waals surface area contributed by atoms with E-state index in [1.165, 1.54) is 74.8 Å². The molecule has 3 rings (SSSR count). The number of rotatable bonds is 10. The molecule has 2 aromatic carbocycles. The molecule has 37 heavy (non-hydrogen) atoms. The summed E-state index contributed by atoms with van der Waals surface area (Å²) >= 11 is 5.72. The normalized spacial score (nSPS) is 10.8. The Hall–Kier alpha value is -4.16. The van der Waals surface area contributed by atoms with Crippen LogP contribution in [-0.4, -0.2) is 51.4 Å². The molecular formula is C24H23ClN4O7S. The van der Waals surface area contributed by atoms with Gasteiger partial charge in [-0.15, -0.1) is 0 Å². The van der Waals surface area contributed by atoms with E-state index in [9.17, 15) is 22.8 Å². The van der Waals surface area contributed by atoms with Crippen molar-refractivity contribution in [3.63, 3.8) is 0 Å². The number of hydrogen-bond acceptors (Lipinski definition) is 8. The van der Waals surface area contributed by atoms with Gasteiger partial charge in [0.2, 0.25) is 5.91 Å². The number of anilines is 3. The van der Waals surface area contributed by atoms with Gasteiger partial charge in [0.05, 0.1) is 15.6 Å². The van der Waals surface area contributed by atoms with Crippen molar-refractivity contribution in [3.05, 3.63) is 71.9 Å². The first kappa shape index (κ1) is 27.4. The molecular weight excluding hydrogens is 524 g/mol. The zero-order chi connectivity index (χ0) is 27.0. The molecule has 1 aromatic heterocycles. The Morgan fingerprint density at radius 1 is 0.946 bits per heavy atom. The number of carbonyl (C=O) groups excluding carboxylic acids is 3. The highest BCUT2D eigenvalue weighted by Gasteiger charge is 2.21. The van der Waals surface area contributed by atoms with Gasteiger partial charge in [-0.25, -0.2) is 18.2 Å². The summed E-state index contributed by atoms with van der Waals surface area (Å²) in [6, 6.07) is 14.8. The number of ether oxygens (including phenoxy) is 2. The molecule has 0 spiro atoms. The van der Waals surface area contributed by atoms with Gasteiger partial charge in [-0.2, -0.15) is 0 Å². The van der Waals surface area contributed by atoms with Gasteiger partial charge in [-0.3, -0.25) is 13.9 Å². The third-order valence-electron chi connectivity index (χ3n) is 4.75. The molecule has 194 valence electrons. The molecule has 0 saturated heterocycles. The number of nitrogens with zero attached hydrogens (tertiary/aromatic N) is 2. The summed E-state index contributed by atoms with van der Waals surface area (Å²) in [5, 5.41) is 5.44. The Labute approximate surface area is 218 Å². The van der Waals surface area contributed by atoms with E-state index in [2.05, 4.69) is 15.6 Å². The topological polar surface area (TPSA) is 144 Å². The quantitative estimate of drug-likeness (QED) is 0.369. The fourth-order valence-electron chi connectivity index (χ4n) is 2.92. The lowest BCUT2D eigenvalue weighted by Gasteiger charge is -2.20. The lowest BCUT2D eigenvalue weighted by atomic mass is 10.3. The number of halogens is 1. The Morgan fingerprint density at radius 3 is 2.22 bits per heavy atom. The number of benzene rings is 2. The van der Waals surface area contributed by atoms with Crippen LogP contribution < -0.4 is 19.7 Å². The van der Waals surface area contributed by atoms with Crippen LogP contribution in [0, 0.1) is 0 Å². The molecule has 0 bridgehead atoms. The fraction of sp³-hybridized carbons (Fsp3) is 0.167. The predicted octanol–water partition coefficient (Wildman–Crippen LogP) is 3.08. The van der Waals surface area contributed by atoms with Crippen LogP contribution in [0.3, 0.4) is 0 Å². The van der Waals surface area contributed by atoms with Crippen molar-refractivity contribution < 1.29 is 32.3 Å². The van der Waals surface area contributed by atoms with Gasteiger partial charge in [0.25, 0.3) is 15.9 Å². The van der Waals surface area contributed by atoms with Gasteiger partial charge < -0.3 is 20.1 Å². The summed E-state index contributed by atoms with van der Waals surface area (Å²) in [4.78, 5) is 38.8. The first-order chi connectivity index (χ1) is 17.5. The summed E-state index contributed by atoms with van der Waals surface area (Å²) in [7, 11) is -2.46. The summed E-state index contributed by atoms with van der Waals surface area (Å²) in [6.45, 7) is 0.371. The molecule has 0 unspecified atom stereocenters. The van der Waals surface area contributed by atoms with Gasteiger partial charge in [0.15, 0.2) is 13.2 Å². The number of sulfonamides is 1. The molecule has 1 heterocycles. The first-order valence-corrected chi connectivity index (χ1v) is 12.5. The molecule has 0 saturated carbocycles. The molecule has 2 N–H and O–H groups in total. The molecule has 2 amide bonds. The van der Waals surface area contributed by atoms with Crippen molar-refractivity contribution in [2.45, 2.75) is 11.8 Å². The van der Waals surface area contributed by atoms with Gasteiger partial charge in [0.1, 0.15) is 11.6 Å². The van der Waals surface area contributed by atoms with Gasteiger partial charge >= 0.3 is 5.97 Å². The van der Waals surface area contributed by atoms with E-state index in [1.807, 2.05) is 0 Å². The lowest BCUT2D eigenvalue weighted by Crippen LogP contribution is -2.26. The van der Waals surface area contributed by atoms with Crippen molar-refractivity contribution in [2.24, 2.45) is 0 Å². The predicted molar refractivity (Wildman–Crippen MR) is 137 cm³/mol. The molecule has 0 radical (unpaired) electrons. The molecule has 3 aromatic rings. The second kappa shape index (κ2) is 12.2. The third-order valence-corrected chi connectivity index (χ3v) is 6.77. The van der Waals surface area contributed by atoms with Gasteiger partial charge in [-0.1, -0.05) is 11.6 Å². The maximum absolute atomic E-state index is 12.9. The molecule has 13 heteroatoms. The van der Waals surface area contributed by atoms with E-state index in [0.717, 1.165) is 4.31 Å². The zero-order valence-electron chi connectivity index (χ0n) is 19.8. The SMILES string of the molecule is CC(=O)Nc1ccc(S(=O)(=O)N(C)c2ccc(OCC(=O)OCC(=O)Nc3ccc(Cl)cn3)cc2)cc1. The van der Waals surface area contributed by atoms with Crippen LogP contribution in [0.4, 0.5) is 17.2 Å². The smallest absolute Gasteiger partial charge is 0.344 e. The van der Waals surface area contributed by atoms with Crippen molar-refractivity contribution >= 4 is 56.6 Å². The first-order valence-electron chi connectivity index (χ1n) is 10.7. The number of nitrogens with one attached hydrogen (secondary N) is 2. The summed E-state index contributed by atoms with van der Waals surface area (Å²) in [5.74, 6) is -1.07. The van der Waals surface area contributed by atoms with Crippen LogP contribution in [0.2, 0.25) is 5.02 Å². The molecule has 0 aliphatic heterocycles. The largest absolute Gasteiger partial charge is 0.482 e. The van der Waals surface area contributed by atoms with E-state index >= 15 is 0 Å². The van der Waals surface area contributed by atoms with Crippen LogP contribution in [0.15, 0.2) is 71.8 Å². The number of pyridine rings is 1. The highest BCUT2D eigenvalue weighted by atomic mass is 35.5. The van der Waals surface area contributed by atoms with E-state index in [4.69, 9.17) is 21.1 Å². The van der Waals surface area contributed by atoms with Crippen molar-refractivity contribution in [2.75, 3.05) is 35.2 Å². The number of hydrogen-bond donors (Lipinski definition) is 2.